The number of nitrogens with zero attached hydrogens (tertiary/aromatic N) is 1. The highest BCUT2D eigenvalue weighted by atomic mass is 15.0. The minimum absolute atomic E-state index is 0.117. The number of aromatic nitrogens is 1. The molecule has 0 bridgehead atoms. The third kappa shape index (κ3) is 4.85. The molecule has 0 amide bonds. The van der Waals surface area contributed by atoms with Crippen molar-refractivity contribution in [2.75, 3.05) is 0 Å². The van der Waals surface area contributed by atoms with Crippen molar-refractivity contribution in [1.29, 1.82) is 0 Å². The molecule has 1 heteroatoms. The molecular formula is C48H37N. The topological polar surface area (TPSA) is 4.93 Å². The molecule has 1 nitrogen and oxygen atoms in total. The Balaban J connectivity index is 1.18. The molecule has 1 heterocycles. The molecule has 0 aliphatic carbocycles. The Morgan fingerprint density at radius 2 is 0.776 bits per heavy atom. The van der Waals surface area contributed by atoms with Gasteiger partial charge in [0.25, 0.3) is 0 Å². The van der Waals surface area contributed by atoms with E-state index in [2.05, 4.69) is 195 Å². The average Bonchev–Trinajstić information content (AvgIpc) is 3.48. The fourth-order valence-corrected chi connectivity index (χ4v) is 7.72. The molecule has 0 spiro atoms. The zero-order chi connectivity index (χ0) is 33.1. The summed E-state index contributed by atoms with van der Waals surface area (Å²) in [6.45, 7) is 6.82. The van der Waals surface area contributed by atoms with E-state index in [1.54, 1.807) is 0 Å². The molecule has 1 aromatic heterocycles. The minimum atomic E-state index is 0.117. The molecule has 9 rings (SSSR count). The van der Waals surface area contributed by atoms with Crippen LogP contribution in [0.5, 0.6) is 0 Å². The van der Waals surface area contributed by atoms with E-state index in [9.17, 15) is 0 Å². The normalized spacial score (nSPS) is 12.0. The number of hydrogen-bond acceptors (Lipinski definition) is 0. The van der Waals surface area contributed by atoms with Gasteiger partial charge in [-0.1, -0.05) is 160 Å². The zero-order valence-electron chi connectivity index (χ0n) is 28.1. The van der Waals surface area contributed by atoms with Gasteiger partial charge in [-0.15, -0.1) is 0 Å². The van der Waals surface area contributed by atoms with Crippen molar-refractivity contribution < 1.29 is 0 Å². The molecule has 0 N–H and O–H groups in total. The van der Waals surface area contributed by atoms with Gasteiger partial charge in [0.2, 0.25) is 0 Å². The minimum Gasteiger partial charge on any atom is -0.309 e. The van der Waals surface area contributed by atoms with Gasteiger partial charge in [0.05, 0.1) is 11.0 Å². The van der Waals surface area contributed by atoms with E-state index >= 15 is 0 Å². The highest BCUT2D eigenvalue weighted by molar-refractivity contribution is 6.21. The number of hydrogen-bond donors (Lipinski definition) is 0. The van der Waals surface area contributed by atoms with Crippen LogP contribution < -0.4 is 0 Å². The van der Waals surface area contributed by atoms with Crippen molar-refractivity contribution in [2.45, 2.75) is 26.2 Å². The van der Waals surface area contributed by atoms with Crippen molar-refractivity contribution in [2.24, 2.45) is 0 Å². The lowest BCUT2D eigenvalue weighted by Crippen LogP contribution is -2.10. The Kier molecular flexibility index (Phi) is 6.78. The summed E-state index contributed by atoms with van der Waals surface area (Å²) in [5, 5.41) is 7.65. The van der Waals surface area contributed by atoms with Gasteiger partial charge in [0.1, 0.15) is 0 Å². The van der Waals surface area contributed by atoms with Gasteiger partial charge in [0, 0.05) is 16.5 Å². The molecule has 49 heavy (non-hydrogen) atoms. The predicted molar refractivity (Wildman–Crippen MR) is 211 cm³/mol. The van der Waals surface area contributed by atoms with Crippen LogP contribution in [-0.2, 0) is 5.41 Å². The molecule has 9 aromatic rings. The van der Waals surface area contributed by atoms with Crippen LogP contribution in [0.2, 0.25) is 0 Å². The van der Waals surface area contributed by atoms with Crippen molar-refractivity contribution in [3.63, 3.8) is 0 Å². The van der Waals surface area contributed by atoms with E-state index in [1.807, 2.05) is 0 Å². The van der Waals surface area contributed by atoms with E-state index in [4.69, 9.17) is 0 Å². The first-order valence-corrected chi connectivity index (χ1v) is 17.2. The molecule has 0 saturated heterocycles. The standard InChI is InChI=1S/C48H37N/c1-48(2,3)36-28-25-34(26-29-36)47-41-18-9-7-16-39(41)46(40-17-8-10-19-42(40)47)33-23-21-32(22-24-33)35-27-30-45-43(31-35)38-15-11-12-20-44(38)49(45)37-13-5-4-6-14-37/h4-31H,1-3H3. The van der Waals surface area contributed by atoms with Crippen LogP contribution in [-0.4, -0.2) is 4.57 Å². The number of rotatable bonds is 4. The first-order valence-electron chi connectivity index (χ1n) is 17.2. The average molecular weight is 628 g/mol. The maximum atomic E-state index is 2.37. The molecule has 0 atom stereocenters. The Hall–Kier alpha value is -5.92. The molecule has 0 fully saturated rings. The molecule has 0 unspecified atom stereocenters. The van der Waals surface area contributed by atoms with Crippen LogP contribution in [0.25, 0.3) is 82.4 Å². The molecule has 0 aliphatic heterocycles. The summed E-state index contributed by atoms with van der Waals surface area (Å²) < 4.78 is 2.37. The Labute approximate surface area is 287 Å². The van der Waals surface area contributed by atoms with Gasteiger partial charge in [0.15, 0.2) is 0 Å². The second-order valence-electron chi connectivity index (χ2n) is 14.2. The smallest absolute Gasteiger partial charge is 0.0541 e. The fraction of sp³-hybridized carbons (Fsp3) is 0.0833. The van der Waals surface area contributed by atoms with Gasteiger partial charge < -0.3 is 4.57 Å². The van der Waals surface area contributed by atoms with Gasteiger partial charge in [-0.25, -0.2) is 0 Å². The molecule has 0 aliphatic rings. The quantitative estimate of drug-likeness (QED) is 0.171. The highest BCUT2D eigenvalue weighted by Gasteiger charge is 2.19. The molecule has 0 radical (unpaired) electrons. The van der Waals surface area contributed by atoms with Gasteiger partial charge in [-0.05, 0) is 96.2 Å². The Morgan fingerprint density at radius 3 is 1.33 bits per heavy atom. The summed E-state index contributed by atoms with van der Waals surface area (Å²) in [6.07, 6.45) is 0. The van der Waals surface area contributed by atoms with Crippen molar-refractivity contribution in [3.05, 3.63) is 175 Å². The molecule has 234 valence electrons. The SMILES string of the molecule is CC(C)(C)c1ccc(-c2c3ccccc3c(-c3ccc(-c4ccc5c(c4)c4ccccc4n5-c4ccccc4)cc3)c3ccccc23)cc1. The summed E-state index contributed by atoms with van der Waals surface area (Å²) >= 11 is 0. The van der Waals surface area contributed by atoms with Crippen molar-refractivity contribution >= 4 is 43.4 Å². The lowest BCUT2D eigenvalue weighted by molar-refractivity contribution is 0.590. The van der Waals surface area contributed by atoms with Crippen LogP contribution in [0, 0.1) is 0 Å². The van der Waals surface area contributed by atoms with E-state index in [-0.39, 0.29) is 5.41 Å². The summed E-state index contributed by atoms with van der Waals surface area (Å²) in [7, 11) is 0. The summed E-state index contributed by atoms with van der Waals surface area (Å²) in [5.74, 6) is 0. The van der Waals surface area contributed by atoms with Crippen molar-refractivity contribution in [1.82, 2.24) is 4.57 Å². The zero-order valence-corrected chi connectivity index (χ0v) is 28.1. The summed E-state index contributed by atoms with van der Waals surface area (Å²) in [6, 6.07) is 62.5. The van der Waals surface area contributed by atoms with Crippen LogP contribution in [0.15, 0.2) is 170 Å². The maximum absolute atomic E-state index is 2.37. The summed E-state index contributed by atoms with van der Waals surface area (Å²) in [4.78, 5) is 0. The lowest BCUT2D eigenvalue weighted by Gasteiger charge is -2.21. The lowest BCUT2D eigenvalue weighted by atomic mass is 9.83. The van der Waals surface area contributed by atoms with E-state index in [0.717, 1.165) is 0 Å². The van der Waals surface area contributed by atoms with E-state index < -0.39 is 0 Å². The number of benzene rings is 8. The van der Waals surface area contributed by atoms with E-state index in [0.29, 0.717) is 0 Å². The largest absolute Gasteiger partial charge is 0.309 e. The van der Waals surface area contributed by atoms with Crippen molar-refractivity contribution in [3.8, 4) is 39.1 Å². The first kappa shape index (κ1) is 29.2. The molecule has 0 saturated carbocycles. The first-order chi connectivity index (χ1) is 24.0. The molecule has 8 aromatic carbocycles. The second-order valence-corrected chi connectivity index (χ2v) is 14.2. The Bertz CT molecular complexity index is 2590. The van der Waals surface area contributed by atoms with Crippen LogP contribution in [0.3, 0.4) is 0 Å². The molecular weight excluding hydrogens is 591 g/mol. The number of para-hydroxylation sites is 2. The second kappa shape index (κ2) is 11.4. The fourth-order valence-electron chi connectivity index (χ4n) is 7.72. The predicted octanol–water partition coefficient (Wildman–Crippen LogP) is 13.4. The van der Waals surface area contributed by atoms with Crippen LogP contribution >= 0.6 is 0 Å². The van der Waals surface area contributed by atoms with Gasteiger partial charge in [-0.2, -0.15) is 0 Å². The summed E-state index contributed by atoms with van der Waals surface area (Å²) in [5.41, 5.74) is 12.6. The Morgan fingerprint density at radius 1 is 0.347 bits per heavy atom. The van der Waals surface area contributed by atoms with E-state index in [1.165, 1.54) is 88.0 Å². The van der Waals surface area contributed by atoms with Crippen LogP contribution in [0.4, 0.5) is 0 Å². The van der Waals surface area contributed by atoms with Gasteiger partial charge >= 0.3 is 0 Å². The van der Waals surface area contributed by atoms with Gasteiger partial charge in [-0.3, -0.25) is 0 Å². The monoisotopic (exact) mass is 627 g/mol. The maximum Gasteiger partial charge on any atom is 0.0541 e. The highest BCUT2D eigenvalue weighted by Crippen LogP contribution is 2.44. The third-order valence-electron chi connectivity index (χ3n) is 10.2. The van der Waals surface area contributed by atoms with Crippen LogP contribution in [0.1, 0.15) is 26.3 Å². The third-order valence-corrected chi connectivity index (χ3v) is 10.2. The number of fused-ring (bicyclic) bond motifs is 5.